The lowest BCUT2D eigenvalue weighted by Gasteiger charge is -2.17. The Morgan fingerprint density at radius 3 is 2.65 bits per heavy atom. The van der Waals surface area contributed by atoms with Gasteiger partial charge < -0.3 is 10.6 Å². The van der Waals surface area contributed by atoms with Crippen molar-refractivity contribution in [2.24, 2.45) is 0 Å². The monoisotopic (exact) mass is 409 g/mol. The fraction of sp³-hybridized carbons (Fsp3) is 0.500. The summed E-state index contributed by atoms with van der Waals surface area (Å²) in [6, 6.07) is 4.85. The first-order chi connectivity index (χ1) is 12.3. The summed E-state index contributed by atoms with van der Waals surface area (Å²) in [4.78, 5) is 11.3. The Morgan fingerprint density at radius 2 is 1.92 bits per heavy atom. The van der Waals surface area contributed by atoms with Gasteiger partial charge in [-0.2, -0.15) is 4.37 Å². The molecule has 1 aliphatic rings. The molecule has 1 aliphatic carbocycles. The third kappa shape index (κ3) is 4.64. The second-order valence-electron chi connectivity index (χ2n) is 6.67. The molecule has 1 saturated carbocycles. The van der Waals surface area contributed by atoms with Crippen LogP contribution in [0.1, 0.15) is 49.1 Å². The van der Waals surface area contributed by atoms with E-state index in [9.17, 15) is 0 Å². The summed E-state index contributed by atoms with van der Waals surface area (Å²) in [5, 5.41) is 9.39. The van der Waals surface area contributed by atoms with Gasteiger partial charge in [-0.05, 0) is 43.4 Å². The summed E-state index contributed by atoms with van der Waals surface area (Å²) in [6.07, 6.45) is 9.54. The molecule has 26 heavy (non-hydrogen) atoms. The molecule has 2 N–H and O–H groups in total. The topological polar surface area (TPSA) is 62.7 Å². The van der Waals surface area contributed by atoms with Crippen LogP contribution in [-0.4, -0.2) is 20.4 Å². The van der Waals surface area contributed by atoms with Gasteiger partial charge in [-0.1, -0.05) is 25.7 Å². The maximum Gasteiger partial charge on any atom is 0.138 e. The minimum absolute atomic E-state index is 0. The fourth-order valence-electron chi connectivity index (χ4n) is 3.35. The number of nitrogens with zero attached hydrogens (tertiary/aromatic N) is 3. The van der Waals surface area contributed by atoms with Crippen LogP contribution in [0, 0.1) is 6.92 Å². The van der Waals surface area contributed by atoms with Crippen LogP contribution >= 0.6 is 35.3 Å². The zero-order chi connectivity index (χ0) is 17.1. The second-order valence-corrected chi connectivity index (χ2v) is 8.59. The highest BCUT2D eigenvalue weighted by Gasteiger charge is 2.15. The van der Waals surface area contributed by atoms with E-state index in [-0.39, 0.29) is 12.4 Å². The van der Waals surface area contributed by atoms with Crippen molar-refractivity contribution < 1.29 is 0 Å². The Kier molecular flexibility index (Phi) is 6.67. The van der Waals surface area contributed by atoms with Crippen LogP contribution in [-0.2, 0) is 6.54 Å². The number of hydrogen-bond acceptors (Lipinski definition) is 7. The van der Waals surface area contributed by atoms with Crippen LogP contribution in [0.4, 0.5) is 10.8 Å². The molecular formula is C18H24ClN5S2. The van der Waals surface area contributed by atoms with Crippen LogP contribution in [0.2, 0.25) is 0 Å². The minimum Gasteiger partial charge on any atom is -0.371 e. The molecule has 3 heterocycles. The van der Waals surface area contributed by atoms with Gasteiger partial charge in [0.25, 0.3) is 0 Å². The van der Waals surface area contributed by atoms with Gasteiger partial charge in [-0.25, -0.2) is 9.97 Å². The molecule has 140 valence electrons. The van der Waals surface area contributed by atoms with E-state index in [0.29, 0.717) is 6.04 Å². The van der Waals surface area contributed by atoms with Gasteiger partial charge in [0.2, 0.25) is 0 Å². The molecular weight excluding hydrogens is 386 g/mol. The highest BCUT2D eigenvalue weighted by molar-refractivity contribution is 7.18. The number of thiophene rings is 1. The van der Waals surface area contributed by atoms with Gasteiger partial charge in [-0.15, -0.1) is 23.7 Å². The van der Waals surface area contributed by atoms with Gasteiger partial charge in [0, 0.05) is 10.9 Å². The first-order valence-corrected chi connectivity index (χ1v) is 10.5. The highest BCUT2D eigenvalue weighted by atomic mass is 35.5. The van der Waals surface area contributed by atoms with E-state index in [1.807, 2.05) is 6.92 Å². The number of aryl methyl sites for hydroxylation is 1. The molecule has 0 atom stereocenters. The molecule has 3 aromatic heterocycles. The molecule has 0 spiro atoms. The summed E-state index contributed by atoms with van der Waals surface area (Å²) in [7, 11) is 0. The van der Waals surface area contributed by atoms with E-state index in [2.05, 4.69) is 37.1 Å². The first kappa shape index (κ1) is 19.3. The third-order valence-corrected chi connectivity index (χ3v) is 6.52. The molecule has 0 saturated heterocycles. The number of anilines is 2. The first-order valence-electron chi connectivity index (χ1n) is 8.95. The number of nitrogens with one attached hydrogen (secondary N) is 2. The minimum atomic E-state index is 0. The average Bonchev–Trinajstić information content (AvgIpc) is 3.13. The number of fused-ring (bicyclic) bond motifs is 1. The van der Waals surface area contributed by atoms with Crippen molar-refractivity contribution in [2.75, 3.05) is 10.6 Å². The van der Waals surface area contributed by atoms with Crippen LogP contribution < -0.4 is 10.6 Å². The largest absolute Gasteiger partial charge is 0.371 e. The van der Waals surface area contributed by atoms with E-state index in [4.69, 9.17) is 0 Å². The quantitative estimate of drug-likeness (QED) is 0.535. The lowest BCUT2D eigenvalue weighted by atomic mass is 10.1. The smallest absolute Gasteiger partial charge is 0.138 e. The molecule has 0 bridgehead atoms. The molecule has 0 amide bonds. The lowest BCUT2D eigenvalue weighted by molar-refractivity contribution is 0.618. The molecule has 0 radical (unpaired) electrons. The van der Waals surface area contributed by atoms with Crippen molar-refractivity contribution in [3.8, 4) is 0 Å². The Balaban J connectivity index is 0.00000196. The van der Waals surface area contributed by atoms with E-state index < -0.39 is 0 Å². The Bertz CT molecular complexity index is 839. The highest BCUT2D eigenvalue weighted by Crippen LogP contribution is 2.30. The van der Waals surface area contributed by atoms with E-state index in [1.54, 1.807) is 17.7 Å². The SMILES string of the molecule is Cc1cc(NCc2cc3c(NC4CCCCCC4)ncnc3s2)sn1.Cl. The van der Waals surface area contributed by atoms with Crippen molar-refractivity contribution in [1.82, 2.24) is 14.3 Å². The van der Waals surface area contributed by atoms with Gasteiger partial charge in [0.15, 0.2) is 0 Å². The molecule has 8 heteroatoms. The summed E-state index contributed by atoms with van der Waals surface area (Å²) in [6.45, 7) is 2.81. The molecule has 1 fully saturated rings. The number of hydrogen-bond donors (Lipinski definition) is 2. The molecule has 4 rings (SSSR count). The lowest BCUT2D eigenvalue weighted by Crippen LogP contribution is -2.19. The molecule has 0 aromatic carbocycles. The van der Waals surface area contributed by atoms with Gasteiger partial charge in [0.05, 0.1) is 17.6 Å². The van der Waals surface area contributed by atoms with Crippen LogP contribution in [0.5, 0.6) is 0 Å². The van der Waals surface area contributed by atoms with E-state index >= 15 is 0 Å². The Morgan fingerprint density at radius 1 is 1.12 bits per heavy atom. The van der Waals surface area contributed by atoms with Crippen LogP contribution in [0.15, 0.2) is 18.5 Å². The van der Waals surface area contributed by atoms with Crippen molar-refractivity contribution in [2.45, 2.75) is 58.0 Å². The summed E-state index contributed by atoms with van der Waals surface area (Å²) in [5.74, 6) is 0.994. The van der Waals surface area contributed by atoms with Crippen LogP contribution in [0.3, 0.4) is 0 Å². The predicted molar refractivity (Wildman–Crippen MR) is 114 cm³/mol. The van der Waals surface area contributed by atoms with E-state index in [0.717, 1.165) is 33.3 Å². The maximum atomic E-state index is 4.52. The maximum absolute atomic E-state index is 4.52. The fourth-order valence-corrected chi connectivity index (χ4v) is 4.94. The third-order valence-electron chi connectivity index (χ3n) is 4.64. The zero-order valence-corrected chi connectivity index (χ0v) is 17.3. The number of halogens is 1. The van der Waals surface area contributed by atoms with Crippen molar-refractivity contribution in [1.29, 1.82) is 0 Å². The molecule has 0 aliphatic heterocycles. The van der Waals surface area contributed by atoms with Crippen molar-refractivity contribution >= 4 is 56.3 Å². The zero-order valence-electron chi connectivity index (χ0n) is 14.8. The second kappa shape index (κ2) is 8.97. The Hall–Kier alpha value is -1.44. The molecule has 3 aromatic rings. The normalized spacial score (nSPS) is 15.4. The standard InChI is InChI=1S/C18H23N5S2.ClH/c1-12-8-16(25-23-12)19-10-14-9-15-17(20-11-21-18(15)24-14)22-13-6-4-2-3-5-7-13;/h8-9,11,13,19H,2-7,10H2,1H3,(H,20,21,22);1H. The molecule has 0 unspecified atom stereocenters. The average molecular weight is 410 g/mol. The number of aromatic nitrogens is 3. The van der Waals surface area contributed by atoms with Gasteiger partial charge >= 0.3 is 0 Å². The summed E-state index contributed by atoms with van der Waals surface area (Å²) < 4.78 is 4.31. The Labute approximate surface area is 168 Å². The van der Waals surface area contributed by atoms with Gasteiger partial charge in [-0.3, -0.25) is 0 Å². The summed E-state index contributed by atoms with van der Waals surface area (Å²) >= 11 is 3.24. The van der Waals surface area contributed by atoms with Crippen LogP contribution in [0.25, 0.3) is 10.2 Å². The van der Waals surface area contributed by atoms with E-state index in [1.165, 1.54) is 54.9 Å². The molecule has 5 nitrogen and oxygen atoms in total. The summed E-state index contributed by atoms with van der Waals surface area (Å²) in [5.41, 5.74) is 1.06. The van der Waals surface area contributed by atoms with Crippen molar-refractivity contribution in [3.05, 3.63) is 29.0 Å². The van der Waals surface area contributed by atoms with Gasteiger partial charge in [0.1, 0.15) is 22.0 Å². The number of rotatable bonds is 5. The predicted octanol–water partition coefficient (Wildman–Crippen LogP) is 5.62. The van der Waals surface area contributed by atoms with Crippen molar-refractivity contribution in [3.63, 3.8) is 0 Å².